The predicted molar refractivity (Wildman–Crippen MR) is 134 cm³/mol. The minimum Gasteiger partial charge on any atom is -0.478 e. The maximum Gasteiger partial charge on any atom is 0.337 e. The largest absolute Gasteiger partial charge is 0.478 e. The number of carboxylic acid groups (broad SMARTS) is 1. The summed E-state index contributed by atoms with van der Waals surface area (Å²) in [5, 5.41) is 9.46. The van der Waals surface area contributed by atoms with Crippen LogP contribution in [0.2, 0.25) is 5.02 Å². The Hall–Kier alpha value is -3.53. The number of rotatable bonds is 5. The second kappa shape index (κ2) is 9.50. The van der Waals surface area contributed by atoms with E-state index in [1.54, 1.807) is 6.07 Å². The lowest BCUT2D eigenvalue weighted by atomic mass is 10.1. The molecule has 36 heavy (non-hydrogen) atoms. The quantitative estimate of drug-likeness (QED) is 0.533. The molecular weight excluding hydrogens is 490 g/mol. The molecule has 0 unspecified atom stereocenters. The number of carboxylic acids is 1. The van der Waals surface area contributed by atoms with Gasteiger partial charge in [-0.15, -0.1) is 0 Å². The van der Waals surface area contributed by atoms with E-state index < -0.39 is 17.6 Å². The molecule has 2 fully saturated rings. The fourth-order valence-electron chi connectivity index (χ4n) is 4.59. The van der Waals surface area contributed by atoms with Gasteiger partial charge in [0.05, 0.1) is 16.3 Å². The van der Waals surface area contributed by atoms with Gasteiger partial charge in [-0.05, 0) is 44.5 Å². The molecule has 4 heterocycles. The number of halogens is 3. The summed E-state index contributed by atoms with van der Waals surface area (Å²) in [4.78, 5) is 31.3. The van der Waals surface area contributed by atoms with Crippen LogP contribution >= 0.6 is 11.6 Å². The zero-order chi connectivity index (χ0) is 25.6. The average Bonchev–Trinajstić information content (AvgIpc) is 2.84. The van der Waals surface area contributed by atoms with Crippen LogP contribution in [-0.2, 0) is 0 Å². The molecule has 2 aliphatic rings. The van der Waals surface area contributed by atoms with Gasteiger partial charge in [-0.3, -0.25) is 0 Å². The maximum atomic E-state index is 14.0. The van der Waals surface area contributed by atoms with Crippen molar-refractivity contribution < 1.29 is 18.7 Å². The Balaban J connectivity index is 1.44. The number of pyridine rings is 1. The van der Waals surface area contributed by atoms with E-state index >= 15 is 0 Å². The van der Waals surface area contributed by atoms with Gasteiger partial charge in [-0.2, -0.15) is 4.98 Å². The van der Waals surface area contributed by atoms with Gasteiger partial charge >= 0.3 is 5.97 Å². The standard InChI is InChI=1S/C25H25ClF2N6O2/c1-14-5-6-34(14)25-30-21(16-3-4-19(27)20(28)10-16)11-22(31-25)33-8-7-32(13-15(33)2)23-18(26)9-17(12-29-23)24(35)36/h3-4,9-12,14-15H,5-8,13H2,1-2H3,(H,35,36)/t14-,15-/m1/s1. The lowest BCUT2D eigenvalue weighted by Crippen LogP contribution is -2.53. The van der Waals surface area contributed by atoms with Crippen molar-refractivity contribution in [2.24, 2.45) is 0 Å². The SMILES string of the molecule is C[C@@H]1CN(c2ncc(C(=O)O)cc2Cl)CCN1c1cc(-c2ccc(F)c(F)c2)nc(N2CC[C@H]2C)n1. The third-order valence-corrected chi connectivity index (χ3v) is 7.06. The summed E-state index contributed by atoms with van der Waals surface area (Å²) >= 11 is 6.35. The minimum absolute atomic E-state index is 0.00475. The van der Waals surface area contributed by atoms with Crippen molar-refractivity contribution in [2.45, 2.75) is 32.4 Å². The van der Waals surface area contributed by atoms with E-state index in [0.717, 1.165) is 25.1 Å². The number of piperazine rings is 1. The van der Waals surface area contributed by atoms with E-state index in [0.29, 0.717) is 54.5 Å². The highest BCUT2D eigenvalue weighted by Gasteiger charge is 2.31. The highest BCUT2D eigenvalue weighted by molar-refractivity contribution is 6.33. The molecule has 8 nitrogen and oxygen atoms in total. The lowest BCUT2D eigenvalue weighted by molar-refractivity contribution is 0.0696. The molecule has 2 saturated heterocycles. The molecule has 0 saturated carbocycles. The van der Waals surface area contributed by atoms with E-state index in [1.165, 1.54) is 18.3 Å². The Morgan fingerprint density at radius 2 is 1.83 bits per heavy atom. The number of anilines is 3. The molecule has 3 aromatic rings. The monoisotopic (exact) mass is 514 g/mol. The zero-order valence-corrected chi connectivity index (χ0v) is 20.6. The fourth-order valence-corrected chi connectivity index (χ4v) is 4.87. The van der Waals surface area contributed by atoms with Crippen molar-refractivity contribution in [3.63, 3.8) is 0 Å². The summed E-state index contributed by atoms with van der Waals surface area (Å²) in [6.07, 6.45) is 2.34. The van der Waals surface area contributed by atoms with Crippen LogP contribution in [0.15, 0.2) is 36.5 Å². The highest BCUT2D eigenvalue weighted by atomic mass is 35.5. The van der Waals surface area contributed by atoms with Crippen molar-refractivity contribution >= 4 is 35.2 Å². The van der Waals surface area contributed by atoms with E-state index in [-0.39, 0.29) is 16.6 Å². The van der Waals surface area contributed by atoms with Crippen LogP contribution in [0.25, 0.3) is 11.3 Å². The molecule has 1 aromatic carbocycles. The molecule has 188 valence electrons. The summed E-state index contributed by atoms with van der Waals surface area (Å²) in [7, 11) is 0. The molecule has 2 atom stereocenters. The molecule has 1 N–H and O–H groups in total. The van der Waals surface area contributed by atoms with Crippen LogP contribution in [0.3, 0.4) is 0 Å². The lowest BCUT2D eigenvalue weighted by Gasteiger charge is -2.42. The van der Waals surface area contributed by atoms with Gasteiger partial charge in [-0.1, -0.05) is 11.6 Å². The Morgan fingerprint density at radius 1 is 1.03 bits per heavy atom. The van der Waals surface area contributed by atoms with Crippen molar-refractivity contribution in [3.8, 4) is 11.3 Å². The van der Waals surface area contributed by atoms with Crippen LogP contribution in [-0.4, -0.2) is 64.3 Å². The molecule has 0 bridgehead atoms. The zero-order valence-electron chi connectivity index (χ0n) is 19.8. The number of hydrogen-bond donors (Lipinski definition) is 1. The van der Waals surface area contributed by atoms with E-state index in [2.05, 4.69) is 33.6 Å². The molecule has 2 aromatic heterocycles. The summed E-state index contributed by atoms with van der Waals surface area (Å²) in [5.74, 6) is -1.11. The second-order valence-electron chi connectivity index (χ2n) is 9.19. The number of benzene rings is 1. The number of carbonyl (C=O) groups is 1. The van der Waals surface area contributed by atoms with Crippen molar-refractivity contribution in [2.75, 3.05) is 40.9 Å². The molecule has 0 spiro atoms. The van der Waals surface area contributed by atoms with E-state index in [9.17, 15) is 18.7 Å². The van der Waals surface area contributed by atoms with Gasteiger partial charge in [0.15, 0.2) is 11.6 Å². The molecule has 2 aliphatic heterocycles. The van der Waals surface area contributed by atoms with Gasteiger partial charge < -0.3 is 19.8 Å². The first kappa shape index (κ1) is 24.2. The molecule has 0 amide bonds. The number of aromatic nitrogens is 3. The predicted octanol–water partition coefficient (Wildman–Crippen LogP) is 4.48. The topological polar surface area (TPSA) is 85.7 Å². The molecule has 5 rings (SSSR count). The summed E-state index contributed by atoms with van der Waals surface area (Å²) in [6.45, 7) is 6.76. The van der Waals surface area contributed by atoms with Gasteiger partial charge in [-0.25, -0.2) is 23.5 Å². The Bertz CT molecular complexity index is 1330. The number of aromatic carboxylic acids is 1. The Labute approximate surface area is 212 Å². The minimum atomic E-state index is -1.08. The molecule has 11 heteroatoms. The van der Waals surface area contributed by atoms with E-state index in [1.807, 2.05) is 4.90 Å². The third kappa shape index (κ3) is 4.53. The fraction of sp³-hybridized carbons (Fsp3) is 0.360. The first-order valence-corrected chi connectivity index (χ1v) is 12.1. The first-order valence-electron chi connectivity index (χ1n) is 11.7. The van der Waals surface area contributed by atoms with Gasteiger partial charge in [0.2, 0.25) is 5.95 Å². The maximum absolute atomic E-state index is 14.0. The third-order valence-electron chi connectivity index (χ3n) is 6.78. The van der Waals surface area contributed by atoms with Crippen LogP contribution < -0.4 is 14.7 Å². The normalized spacial score (nSPS) is 19.9. The van der Waals surface area contributed by atoms with E-state index in [4.69, 9.17) is 16.6 Å². The smallest absolute Gasteiger partial charge is 0.337 e. The number of hydrogen-bond acceptors (Lipinski definition) is 7. The van der Waals surface area contributed by atoms with Crippen LogP contribution in [0.4, 0.5) is 26.4 Å². The summed E-state index contributed by atoms with van der Waals surface area (Å²) in [6, 6.07) is 7.29. The van der Waals surface area contributed by atoms with Crippen LogP contribution in [0.5, 0.6) is 0 Å². The molecular formula is C25H25ClF2N6O2. The highest BCUT2D eigenvalue weighted by Crippen LogP contribution is 2.32. The average molecular weight is 515 g/mol. The van der Waals surface area contributed by atoms with Crippen molar-refractivity contribution in [3.05, 3.63) is 58.7 Å². The van der Waals surface area contributed by atoms with Crippen LogP contribution in [0.1, 0.15) is 30.6 Å². The Morgan fingerprint density at radius 3 is 2.44 bits per heavy atom. The molecule has 0 radical (unpaired) electrons. The summed E-state index contributed by atoms with van der Waals surface area (Å²) in [5.41, 5.74) is 1.04. The summed E-state index contributed by atoms with van der Waals surface area (Å²) < 4.78 is 27.5. The Kier molecular flexibility index (Phi) is 6.38. The van der Waals surface area contributed by atoms with Gasteiger partial charge in [0.1, 0.15) is 11.6 Å². The number of nitrogens with zero attached hydrogens (tertiary/aromatic N) is 6. The van der Waals surface area contributed by atoms with Crippen molar-refractivity contribution in [1.82, 2.24) is 15.0 Å². The van der Waals surface area contributed by atoms with Crippen molar-refractivity contribution in [1.29, 1.82) is 0 Å². The second-order valence-corrected chi connectivity index (χ2v) is 9.60. The first-order chi connectivity index (χ1) is 17.2. The molecule has 0 aliphatic carbocycles. The van der Waals surface area contributed by atoms with Gasteiger partial charge in [0, 0.05) is 56.1 Å². The van der Waals surface area contributed by atoms with Gasteiger partial charge in [0.25, 0.3) is 0 Å². The van der Waals surface area contributed by atoms with Crippen LogP contribution in [0, 0.1) is 11.6 Å².